The molecule has 0 unspecified atom stereocenters. The minimum atomic E-state index is -0.871. The lowest BCUT2D eigenvalue weighted by Crippen LogP contribution is -2.51. The van der Waals surface area contributed by atoms with Crippen LogP contribution in [-0.4, -0.2) is 53.5 Å². The molecule has 0 spiro atoms. The molecule has 2 aliphatic rings. The fourth-order valence-electron chi connectivity index (χ4n) is 4.21. The van der Waals surface area contributed by atoms with Gasteiger partial charge in [-0.1, -0.05) is 18.2 Å². The lowest BCUT2D eigenvalue weighted by atomic mass is 10.1. The quantitative estimate of drug-likeness (QED) is 0.637. The number of methoxy groups -OCH3 is 1. The van der Waals surface area contributed by atoms with Gasteiger partial charge in [0.1, 0.15) is 17.8 Å². The summed E-state index contributed by atoms with van der Waals surface area (Å²) in [5, 5.41) is 5.97. The van der Waals surface area contributed by atoms with Gasteiger partial charge in [0.2, 0.25) is 11.8 Å². The molecule has 8 nitrogen and oxygen atoms in total. The average Bonchev–Trinajstić information content (AvgIpc) is 2.94. The van der Waals surface area contributed by atoms with Crippen LogP contribution in [0, 0.1) is 0 Å². The molecular formula is C24H26N4O4S. The molecular weight excluding hydrogens is 440 g/mol. The summed E-state index contributed by atoms with van der Waals surface area (Å²) in [4.78, 5) is 42.3. The number of amides is 3. The van der Waals surface area contributed by atoms with Crippen molar-refractivity contribution in [1.29, 1.82) is 0 Å². The Bertz CT molecular complexity index is 1040. The third-order valence-corrected chi connectivity index (χ3v) is 6.26. The number of para-hydroxylation sites is 1. The number of nitrogens with one attached hydrogen (secondary N) is 2. The van der Waals surface area contributed by atoms with Crippen LogP contribution in [0.25, 0.3) is 0 Å². The maximum atomic E-state index is 13.5. The van der Waals surface area contributed by atoms with Gasteiger partial charge in [-0.3, -0.25) is 19.3 Å². The van der Waals surface area contributed by atoms with E-state index in [0.29, 0.717) is 30.1 Å². The molecule has 9 heteroatoms. The van der Waals surface area contributed by atoms with Crippen molar-refractivity contribution in [2.45, 2.75) is 37.8 Å². The van der Waals surface area contributed by atoms with Crippen LogP contribution in [0.2, 0.25) is 0 Å². The van der Waals surface area contributed by atoms with Crippen molar-refractivity contribution in [1.82, 2.24) is 10.2 Å². The van der Waals surface area contributed by atoms with Crippen molar-refractivity contribution in [3.05, 3.63) is 54.6 Å². The first kappa shape index (κ1) is 22.7. The van der Waals surface area contributed by atoms with Gasteiger partial charge >= 0.3 is 0 Å². The zero-order chi connectivity index (χ0) is 23.4. The Balaban J connectivity index is 1.60. The zero-order valence-corrected chi connectivity index (χ0v) is 19.1. The van der Waals surface area contributed by atoms with Crippen molar-refractivity contribution in [3.63, 3.8) is 0 Å². The van der Waals surface area contributed by atoms with Gasteiger partial charge in [0.15, 0.2) is 5.11 Å². The molecule has 0 bridgehead atoms. The highest BCUT2D eigenvalue weighted by atomic mass is 32.1. The maximum absolute atomic E-state index is 13.5. The minimum absolute atomic E-state index is 0.127. The molecule has 2 fully saturated rings. The van der Waals surface area contributed by atoms with Crippen molar-refractivity contribution in [3.8, 4) is 5.75 Å². The summed E-state index contributed by atoms with van der Waals surface area (Å²) in [6.45, 7) is 0.592. The average molecular weight is 467 g/mol. The molecule has 33 heavy (non-hydrogen) atoms. The first-order chi connectivity index (χ1) is 16.0. The topological polar surface area (TPSA) is 91.0 Å². The Morgan fingerprint density at radius 3 is 2.55 bits per heavy atom. The van der Waals surface area contributed by atoms with E-state index in [0.717, 1.165) is 12.8 Å². The van der Waals surface area contributed by atoms with E-state index in [2.05, 4.69) is 10.6 Å². The summed E-state index contributed by atoms with van der Waals surface area (Å²) < 4.78 is 5.14. The van der Waals surface area contributed by atoms with Crippen LogP contribution in [-0.2, 0) is 14.4 Å². The lowest BCUT2D eigenvalue weighted by Gasteiger charge is -2.30. The van der Waals surface area contributed by atoms with Crippen LogP contribution < -0.4 is 20.3 Å². The number of thiocarbonyl (C=S) groups is 1. The first-order valence-electron chi connectivity index (χ1n) is 10.9. The van der Waals surface area contributed by atoms with Gasteiger partial charge < -0.3 is 20.3 Å². The summed E-state index contributed by atoms with van der Waals surface area (Å²) in [5.41, 5.74) is 1.21. The number of ether oxygens (including phenoxy) is 1. The minimum Gasteiger partial charge on any atom is -0.497 e. The molecule has 0 aliphatic carbocycles. The van der Waals surface area contributed by atoms with E-state index in [1.807, 2.05) is 18.2 Å². The van der Waals surface area contributed by atoms with E-state index in [-0.39, 0.29) is 29.3 Å². The standard InChI is InChI=1S/C24H26N4O4S/c1-32-18-12-10-16(11-13-18)26-21(29)15-20-23(31)27(17-7-3-2-4-8-17)24(33)28(20)19-9-5-6-14-25-22(19)30/h2-4,7-8,10-13,19-20H,5-6,9,14-15H2,1H3,(H,25,30)(H,26,29)/t19-,20+/m0/s1. The summed E-state index contributed by atoms with van der Waals surface area (Å²) in [6, 6.07) is 14.5. The fourth-order valence-corrected chi connectivity index (χ4v) is 4.66. The molecule has 4 rings (SSSR count). The van der Waals surface area contributed by atoms with Crippen molar-refractivity contribution in [2.24, 2.45) is 0 Å². The Labute approximate surface area is 197 Å². The number of carbonyl (C=O) groups excluding carboxylic acids is 3. The van der Waals surface area contributed by atoms with Gasteiger partial charge in [0.25, 0.3) is 5.91 Å². The third-order valence-electron chi connectivity index (χ3n) is 5.86. The van der Waals surface area contributed by atoms with E-state index < -0.39 is 12.1 Å². The predicted octanol–water partition coefficient (Wildman–Crippen LogP) is 2.69. The van der Waals surface area contributed by atoms with Crippen LogP contribution >= 0.6 is 12.2 Å². The normalized spacial score (nSPS) is 20.9. The van der Waals surface area contributed by atoms with Gasteiger partial charge in [-0.2, -0.15) is 0 Å². The summed E-state index contributed by atoms with van der Waals surface area (Å²) in [7, 11) is 1.57. The molecule has 0 aromatic heterocycles. The van der Waals surface area contributed by atoms with Crippen LogP contribution in [0.1, 0.15) is 25.7 Å². The summed E-state index contributed by atoms with van der Waals surface area (Å²) in [5.74, 6) is -0.144. The number of nitrogens with zero attached hydrogens (tertiary/aromatic N) is 2. The summed E-state index contributed by atoms with van der Waals surface area (Å²) >= 11 is 5.69. The van der Waals surface area contributed by atoms with Crippen molar-refractivity contribution >= 4 is 46.4 Å². The molecule has 2 aromatic rings. The van der Waals surface area contributed by atoms with E-state index >= 15 is 0 Å². The third kappa shape index (κ3) is 4.83. The smallest absolute Gasteiger partial charge is 0.256 e. The summed E-state index contributed by atoms with van der Waals surface area (Å²) in [6.07, 6.45) is 2.13. The molecule has 2 N–H and O–H groups in total. The SMILES string of the molecule is COc1ccc(NC(=O)C[C@@H]2C(=O)N(c3ccccc3)C(=S)N2[C@H]2CCCCNC2=O)cc1. The van der Waals surface area contributed by atoms with Crippen molar-refractivity contribution in [2.75, 3.05) is 23.9 Å². The monoisotopic (exact) mass is 466 g/mol. The number of anilines is 2. The predicted molar refractivity (Wildman–Crippen MR) is 129 cm³/mol. The van der Waals surface area contributed by atoms with Crippen molar-refractivity contribution < 1.29 is 19.1 Å². The number of carbonyl (C=O) groups is 3. The number of rotatable bonds is 6. The Kier molecular flexibility index (Phi) is 6.88. The number of hydrogen-bond donors (Lipinski definition) is 2. The van der Waals surface area contributed by atoms with Gasteiger partial charge in [0, 0.05) is 12.2 Å². The van der Waals surface area contributed by atoms with Crippen LogP contribution in [0.3, 0.4) is 0 Å². The van der Waals surface area contributed by atoms with Crippen LogP contribution in [0.4, 0.5) is 11.4 Å². The second kappa shape index (κ2) is 9.99. The molecule has 2 atom stereocenters. The van der Waals surface area contributed by atoms with Crippen LogP contribution in [0.5, 0.6) is 5.75 Å². The largest absolute Gasteiger partial charge is 0.497 e. The number of benzene rings is 2. The molecule has 2 aromatic carbocycles. The second-order valence-electron chi connectivity index (χ2n) is 8.00. The molecule has 3 amide bonds. The fraction of sp³-hybridized carbons (Fsp3) is 0.333. The van der Waals surface area contributed by atoms with Gasteiger partial charge in [-0.15, -0.1) is 0 Å². The highest BCUT2D eigenvalue weighted by Crippen LogP contribution is 2.31. The van der Waals surface area contributed by atoms with Crippen LogP contribution in [0.15, 0.2) is 54.6 Å². The highest BCUT2D eigenvalue weighted by Gasteiger charge is 2.48. The number of hydrogen-bond acceptors (Lipinski definition) is 5. The van der Waals surface area contributed by atoms with Gasteiger partial charge in [0.05, 0.1) is 19.2 Å². The molecule has 2 saturated heterocycles. The molecule has 2 heterocycles. The van der Waals surface area contributed by atoms with E-state index in [4.69, 9.17) is 17.0 Å². The molecule has 172 valence electrons. The first-order valence-corrected chi connectivity index (χ1v) is 11.3. The molecule has 0 radical (unpaired) electrons. The highest BCUT2D eigenvalue weighted by molar-refractivity contribution is 7.80. The lowest BCUT2D eigenvalue weighted by molar-refractivity contribution is -0.129. The van der Waals surface area contributed by atoms with Gasteiger partial charge in [-0.05, 0) is 67.9 Å². The Morgan fingerprint density at radius 1 is 1.12 bits per heavy atom. The van der Waals surface area contributed by atoms with E-state index in [9.17, 15) is 14.4 Å². The Morgan fingerprint density at radius 2 is 1.85 bits per heavy atom. The zero-order valence-electron chi connectivity index (χ0n) is 18.3. The second-order valence-corrected chi connectivity index (χ2v) is 8.36. The van der Waals surface area contributed by atoms with E-state index in [1.54, 1.807) is 48.4 Å². The van der Waals surface area contributed by atoms with Gasteiger partial charge in [-0.25, -0.2) is 0 Å². The van der Waals surface area contributed by atoms with E-state index in [1.165, 1.54) is 4.90 Å². The maximum Gasteiger partial charge on any atom is 0.256 e. The Hall–Kier alpha value is -3.46. The molecule has 0 saturated carbocycles. The molecule has 2 aliphatic heterocycles.